The van der Waals surface area contributed by atoms with E-state index in [1.807, 2.05) is 12.3 Å². The summed E-state index contributed by atoms with van der Waals surface area (Å²) in [5, 5.41) is 0. The Morgan fingerprint density at radius 2 is 1.87 bits per heavy atom. The quantitative estimate of drug-likeness (QED) is 0.775. The molecule has 0 aliphatic carbocycles. The Balaban J connectivity index is 1.51. The van der Waals surface area contributed by atoms with Gasteiger partial charge in [-0.3, -0.25) is 0 Å². The molecule has 3 aromatic heterocycles. The number of aromatic amines is 1. The van der Waals surface area contributed by atoms with Crippen LogP contribution in [0.25, 0.3) is 11.0 Å². The number of nitrogens with zero attached hydrogens (tertiary/aromatic N) is 6. The van der Waals surface area contributed by atoms with E-state index in [1.54, 1.807) is 25.7 Å². The van der Waals surface area contributed by atoms with E-state index in [0.717, 1.165) is 43.0 Å². The molecule has 0 amide bonds. The number of piperazine rings is 1. The van der Waals surface area contributed by atoms with E-state index in [2.05, 4.69) is 34.7 Å². The predicted octanol–water partition coefficient (Wildman–Crippen LogP) is 1.08. The number of rotatable bonds is 3. The van der Waals surface area contributed by atoms with Gasteiger partial charge in [0.2, 0.25) is 11.8 Å². The molecular formula is C15H17N7O. The zero-order valence-corrected chi connectivity index (χ0v) is 12.8. The fourth-order valence-corrected chi connectivity index (χ4v) is 2.81. The number of aromatic nitrogens is 5. The van der Waals surface area contributed by atoms with Gasteiger partial charge in [-0.05, 0) is 6.07 Å². The Bertz CT molecular complexity index is 810. The normalized spacial score (nSPS) is 15.2. The first-order chi connectivity index (χ1) is 11.3. The second-order valence-electron chi connectivity index (χ2n) is 5.31. The van der Waals surface area contributed by atoms with Crippen molar-refractivity contribution in [1.82, 2.24) is 24.9 Å². The summed E-state index contributed by atoms with van der Waals surface area (Å²) in [4.78, 5) is 25.1. The highest BCUT2D eigenvalue weighted by Gasteiger charge is 2.22. The molecule has 0 atom stereocenters. The fraction of sp³-hybridized carbons (Fsp3) is 0.333. The van der Waals surface area contributed by atoms with Crippen LogP contribution in [0.1, 0.15) is 0 Å². The topological polar surface area (TPSA) is 83.1 Å². The zero-order valence-electron chi connectivity index (χ0n) is 12.8. The monoisotopic (exact) mass is 311 g/mol. The number of ether oxygens (including phenoxy) is 1. The minimum atomic E-state index is 0.585. The Morgan fingerprint density at radius 3 is 2.70 bits per heavy atom. The van der Waals surface area contributed by atoms with Crippen molar-refractivity contribution in [3.8, 4) is 5.88 Å². The van der Waals surface area contributed by atoms with Crippen LogP contribution in [0.5, 0.6) is 5.88 Å². The molecule has 1 aliphatic rings. The third-order valence-corrected chi connectivity index (χ3v) is 4.01. The number of nitrogens with one attached hydrogen (secondary N) is 1. The lowest BCUT2D eigenvalue weighted by atomic mass is 10.3. The first-order valence-corrected chi connectivity index (χ1v) is 7.50. The molecule has 8 nitrogen and oxygen atoms in total. The maximum atomic E-state index is 5.17. The summed E-state index contributed by atoms with van der Waals surface area (Å²) in [6.45, 7) is 3.37. The fourth-order valence-electron chi connectivity index (χ4n) is 2.81. The molecule has 23 heavy (non-hydrogen) atoms. The average Bonchev–Trinajstić information content (AvgIpc) is 3.11. The molecule has 0 unspecified atom stereocenters. The van der Waals surface area contributed by atoms with Crippen LogP contribution in [0, 0.1) is 0 Å². The lowest BCUT2D eigenvalue weighted by molar-refractivity contribution is 0.396. The molecule has 0 spiro atoms. The van der Waals surface area contributed by atoms with Crippen LogP contribution in [-0.4, -0.2) is 58.2 Å². The van der Waals surface area contributed by atoms with Crippen LogP contribution in [0.15, 0.2) is 30.9 Å². The van der Waals surface area contributed by atoms with Gasteiger partial charge in [0.1, 0.15) is 11.8 Å². The van der Waals surface area contributed by atoms with E-state index in [4.69, 9.17) is 4.74 Å². The van der Waals surface area contributed by atoms with Gasteiger partial charge in [0.15, 0.2) is 5.82 Å². The zero-order chi connectivity index (χ0) is 15.6. The van der Waals surface area contributed by atoms with Gasteiger partial charge < -0.3 is 19.5 Å². The molecule has 3 aromatic rings. The molecule has 0 aromatic carbocycles. The number of anilines is 2. The summed E-state index contributed by atoms with van der Waals surface area (Å²) in [7, 11) is 1.61. The van der Waals surface area contributed by atoms with Gasteiger partial charge in [-0.15, -0.1) is 0 Å². The second-order valence-corrected chi connectivity index (χ2v) is 5.31. The van der Waals surface area contributed by atoms with Crippen molar-refractivity contribution < 1.29 is 4.74 Å². The molecule has 4 rings (SSSR count). The van der Waals surface area contributed by atoms with E-state index in [-0.39, 0.29) is 0 Å². The summed E-state index contributed by atoms with van der Waals surface area (Å²) in [5.74, 6) is 2.24. The highest BCUT2D eigenvalue weighted by Crippen LogP contribution is 2.23. The maximum Gasteiger partial charge on any atom is 0.228 e. The summed E-state index contributed by atoms with van der Waals surface area (Å²) < 4.78 is 5.17. The van der Waals surface area contributed by atoms with Gasteiger partial charge >= 0.3 is 0 Å². The lowest BCUT2D eigenvalue weighted by Gasteiger charge is -2.35. The minimum absolute atomic E-state index is 0.585. The molecule has 0 saturated carbocycles. The maximum absolute atomic E-state index is 5.17. The van der Waals surface area contributed by atoms with Crippen molar-refractivity contribution in [1.29, 1.82) is 0 Å². The van der Waals surface area contributed by atoms with Crippen molar-refractivity contribution in [2.45, 2.75) is 0 Å². The summed E-state index contributed by atoms with van der Waals surface area (Å²) in [6, 6.07) is 3.71. The van der Waals surface area contributed by atoms with Crippen molar-refractivity contribution >= 4 is 22.8 Å². The van der Waals surface area contributed by atoms with Gasteiger partial charge in [0, 0.05) is 44.6 Å². The number of hydrogen-bond acceptors (Lipinski definition) is 7. The summed E-state index contributed by atoms with van der Waals surface area (Å²) in [5.41, 5.74) is 1.92. The van der Waals surface area contributed by atoms with Crippen LogP contribution < -0.4 is 14.5 Å². The van der Waals surface area contributed by atoms with E-state index >= 15 is 0 Å². The first-order valence-electron chi connectivity index (χ1n) is 7.50. The largest absolute Gasteiger partial charge is 0.481 e. The van der Waals surface area contributed by atoms with E-state index in [0.29, 0.717) is 11.8 Å². The van der Waals surface area contributed by atoms with E-state index < -0.39 is 0 Å². The third-order valence-electron chi connectivity index (χ3n) is 4.01. The Kier molecular flexibility index (Phi) is 3.41. The van der Waals surface area contributed by atoms with E-state index in [9.17, 15) is 0 Å². The third kappa shape index (κ3) is 2.52. The van der Waals surface area contributed by atoms with Crippen LogP contribution >= 0.6 is 0 Å². The second kappa shape index (κ2) is 5.71. The van der Waals surface area contributed by atoms with Gasteiger partial charge in [0.05, 0.1) is 12.6 Å². The van der Waals surface area contributed by atoms with Gasteiger partial charge in [-0.25, -0.2) is 15.0 Å². The lowest BCUT2D eigenvalue weighted by Crippen LogP contribution is -2.47. The first kappa shape index (κ1) is 13.7. The van der Waals surface area contributed by atoms with Crippen molar-refractivity contribution in [2.24, 2.45) is 0 Å². The molecule has 118 valence electrons. The molecule has 0 bridgehead atoms. The molecule has 1 N–H and O–H groups in total. The summed E-state index contributed by atoms with van der Waals surface area (Å²) >= 11 is 0. The Labute approximate surface area is 133 Å². The highest BCUT2D eigenvalue weighted by molar-refractivity contribution is 5.85. The molecular weight excluding hydrogens is 294 g/mol. The summed E-state index contributed by atoms with van der Waals surface area (Å²) in [6.07, 6.45) is 5.23. The van der Waals surface area contributed by atoms with Gasteiger partial charge in [-0.1, -0.05) is 0 Å². The van der Waals surface area contributed by atoms with Crippen LogP contribution in [0.2, 0.25) is 0 Å². The number of hydrogen-bond donors (Lipinski definition) is 1. The van der Waals surface area contributed by atoms with E-state index in [1.165, 1.54) is 0 Å². The van der Waals surface area contributed by atoms with Crippen LogP contribution in [0.4, 0.5) is 11.8 Å². The Hall–Kier alpha value is -2.90. The van der Waals surface area contributed by atoms with Crippen molar-refractivity contribution in [3.63, 3.8) is 0 Å². The standard InChI is InChI=1S/C15H17N7O/c1-23-12-3-5-17-15(20-12)22-8-6-21(7-9-22)14-13-11(2-4-16-13)18-10-19-14/h2-5,10,16H,6-9H2,1H3. The number of methoxy groups -OCH3 is 1. The smallest absolute Gasteiger partial charge is 0.228 e. The number of H-pyrrole nitrogens is 1. The molecule has 1 fully saturated rings. The van der Waals surface area contributed by atoms with Crippen molar-refractivity contribution in [2.75, 3.05) is 43.1 Å². The minimum Gasteiger partial charge on any atom is -0.481 e. The molecule has 1 aliphatic heterocycles. The van der Waals surface area contributed by atoms with Gasteiger partial charge in [0.25, 0.3) is 0 Å². The van der Waals surface area contributed by atoms with Crippen LogP contribution in [0.3, 0.4) is 0 Å². The molecule has 0 radical (unpaired) electrons. The predicted molar refractivity (Wildman–Crippen MR) is 86.9 cm³/mol. The number of fused-ring (bicyclic) bond motifs is 1. The SMILES string of the molecule is COc1ccnc(N2CCN(c3ncnc4cc[nH]c34)CC2)n1. The van der Waals surface area contributed by atoms with Gasteiger partial charge in [-0.2, -0.15) is 4.98 Å². The van der Waals surface area contributed by atoms with Crippen molar-refractivity contribution in [3.05, 3.63) is 30.9 Å². The molecule has 4 heterocycles. The van der Waals surface area contributed by atoms with Crippen LogP contribution in [-0.2, 0) is 0 Å². The highest BCUT2D eigenvalue weighted by atomic mass is 16.5. The Morgan fingerprint density at radius 1 is 1.04 bits per heavy atom. The average molecular weight is 311 g/mol. The molecule has 8 heteroatoms. The molecule has 1 saturated heterocycles.